The van der Waals surface area contributed by atoms with Gasteiger partial charge in [0.2, 0.25) is 0 Å². The van der Waals surface area contributed by atoms with Crippen LogP contribution < -0.4 is 15.0 Å². The Morgan fingerprint density at radius 3 is 2.48 bits per heavy atom. The van der Waals surface area contributed by atoms with Gasteiger partial charge in [0, 0.05) is 11.6 Å². The number of nitrogens with zero attached hydrogens (tertiary/aromatic N) is 2. The van der Waals surface area contributed by atoms with Crippen LogP contribution in [0.4, 0.5) is 5.69 Å². The van der Waals surface area contributed by atoms with E-state index in [-0.39, 0.29) is 24.4 Å². The largest absolute Gasteiger partial charge is 0.490 e. The summed E-state index contributed by atoms with van der Waals surface area (Å²) >= 11 is 0. The molecule has 0 radical (unpaired) electrons. The molecule has 7 heteroatoms. The molecule has 0 unspecified atom stereocenters. The van der Waals surface area contributed by atoms with Crippen molar-refractivity contribution in [1.29, 1.82) is 0 Å². The zero-order valence-corrected chi connectivity index (χ0v) is 13.0. The molecule has 0 atom stereocenters. The summed E-state index contributed by atoms with van der Waals surface area (Å²) in [6, 6.07) is 8.49. The summed E-state index contributed by atoms with van der Waals surface area (Å²) in [7, 11) is 0. The van der Waals surface area contributed by atoms with Crippen molar-refractivity contribution < 1.29 is 14.4 Å². The van der Waals surface area contributed by atoms with Crippen LogP contribution in [0.1, 0.15) is 12.5 Å². The van der Waals surface area contributed by atoms with Crippen LogP contribution in [0.25, 0.3) is 0 Å². The first kappa shape index (κ1) is 16.5. The fourth-order valence-electron chi connectivity index (χ4n) is 2.13. The standard InChI is InChI=1S/C16H18N2O5/c1-3-22-14-6-4-5-7-15(14)23-9-8-17-11-13(18(20)21)10-12(2)16(17)19/h4-7,10-11H,3,8-9H2,1-2H3. The molecular weight excluding hydrogens is 300 g/mol. The van der Waals surface area contributed by atoms with Gasteiger partial charge in [-0.05, 0) is 26.0 Å². The second-order valence-electron chi connectivity index (χ2n) is 4.87. The van der Waals surface area contributed by atoms with E-state index in [0.29, 0.717) is 23.7 Å². The molecule has 0 fully saturated rings. The van der Waals surface area contributed by atoms with E-state index in [1.54, 1.807) is 19.1 Å². The van der Waals surface area contributed by atoms with E-state index in [9.17, 15) is 14.9 Å². The van der Waals surface area contributed by atoms with Crippen LogP contribution in [0.2, 0.25) is 0 Å². The Morgan fingerprint density at radius 1 is 1.22 bits per heavy atom. The van der Waals surface area contributed by atoms with Gasteiger partial charge < -0.3 is 14.0 Å². The highest BCUT2D eigenvalue weighted by atomic mass is 16.6. The lowest BCUT2D eigenvalue weighted by atomic mass is 10.3. The number of benzene rings is 1. The van der Waals surface area contributed by atoms with E-state index in [2.05, 4.69) is 0 Å². The van der Waals surface area contributed by atoms with Crippen LogP contribution in [0, 0.1) is 17.0 Å². The molecule has 0 aliphatic heterocycles. The maximum atomic E-state index is 12.0. The van der Waals surface area contributed by atoms with Crippen LogP contribution in [0.3, 0.4) is 0 Å². The number of para-hydroxylation sites is 2. The van der Waals surface area contributed by atoms with Gasteiger partial charge in [-0.15, -0.1) is 0 Å². The number of rotatable bonds is 7. The summed E-state index contributed by atoms with van der Waals surface area (Å²) in [4.78, 5) is 22.4. The van der Waals surface area contributed by atoms with E-state index >= 15 is 0 Å². The van der Waals surface area contributed by atoms with E-state index < -0.39 is 4.92 Å². The number of pyridine rings is 1. The number of ether oxygens (including phenoxy) is 2. The third-order valence-electron chi connectivity index (χ3n) is 3.20. The molecule has 7 nitrogen and oxygen atoms in total. The van der Waals surface area contributed by atoms with Gasteiger partial charge in [0.1, 0.15) is 6.61 Å². The molecule has 2 aromatic rings. The topological polar surface area (TPSA) is 83.6 Å². The summed E-state index contributed by atoms with van der Waals surface area (Å²) in [6.45, 7) is 4.36. The molecule has 0 saturated heterocycles. The Labute approximate surface area is 133 Å². The van der Waals surface area contributed by atoms with Crippen molar-refractivity contribution >= 4 is 5.69 Å². The molecule has 0 bridgehead atoms. The van der Waals surface area contributed by atoms with Crippen LogP contribution >= 0.6 is 0 Å². The zero-order valence-electron chi connectivity index (χ0n) is 13.0. The van der Waals surface area contributed by atoms with Crippen molar-refractivity contribution in [3.05, 3.63) is 62.6 Å². The van der Waals surface area contributed by atoms with E-state index in [4.69, 9.17) is 9.47 Å². The third-order valence-corrected chi connectivity index (χ3v) is 3.20. The molecule has 1 heterocycles. The molecule has 0 aliphatic rings. The summed E-state index contributed by atoms with van der Waals surface area (Å²) in [5.41, 5.74) is -0.0528. The molecular formula is C16H18N2O5. The van der Waals surface area contributed by atoms with Gasteiger partial charge >= 0.3 is 0 Å². The maximum absolute atomic E-state index is 12.0. The smallest absolute Gasteiger partial charge is 0.286 e. The minimum Gasteiger partial charge on any atom is -0.490 e. The molecule has 23 heavy (non-hydrogen) atoms. The first-order chi connectivity index (χ1) is 11.0. The SMILES string of the molecule is CCOc1ccccc1OCCn1cc([N+](=O)[O-])cc(C)c1=O. The van der Waals surface area contributed by atoms with Crippen molar-refractivity contribution in [3.8, 4) is 11.5 Å². The second-order valence-corrected chi connectivity index (χ2v) is 4.87. The lowest BCUT2D eigenvalue weighted by Crippen LogP contribution is -2.24. The average Bonchev–Trinajstić information content (AvgIpc) is 2.53. The predicted octanol–water partition coefficient (Wildman–Crippen LogP) is 2.54. The van der Waals surface area contributed by atoms with Crippen LogP contribution in [-0.4, -0.2) is 22.7 Å². The van der Waals surface area contributed by atoms with Gasteiger partial charge in [-0.25, -0.2) is 0 Å². The number of hydrogen-bond acceptors (Lipinski definition) is 5. The van der Waals surface area contributed by atoms with Crippen molar-refractivity contribution in [2.24, 2.45) is 0 Å². The highest BCUT2D eigenvalue weighted by molar-refractivity contribution is 5.39. The van der Waals surface area contributed by atoms with Gasteiger partial charge in [-0.1, -0.05) is 12.1 Å². The molecule has 0 amide bonds. The van der Waals surface area contributed by atoms with Gasteiger partial charge in [0.05, 0.1) is 24.3 Å². The van der Waals surface area contributed by atoms with Crippen LogP contribution in [-0.2, 0) is 6.54 Å². The highest BCUT2D eigenvalue weighted by Gasteiger charge is 2.11. The molecule has 122 valence electrons. The van der Waals surface area contributed by atoms with Gasteiger partial charge in [0.25, 0.3) is 11.2 Å². The zero-order chi connectivity index (χ0) is 16.8. The lowest BCUT2D eigenvalue weighted by Gasteiger charge is -2.12. The van der Waals surface area contributed by atoms with Gasteiger partial charge in [0.15, 0.2) is 11.5 Å². The molecule has 0 spiro atoms. The Morgan fingerprint density at radius 2 is 1.87 bits per heavy atom. The van der Waals surface area contributed by atoms with Gasteiger partial charge in [-0.3, -0.25) is 14.9 Å². The Kier molecular flexibility index (Phi) is 5.35. The summed E-state index contributed by atoms with van der Waals surface area (Å²) in [6.07, 6.45) is 1.23. The van der Waals surface area contributed by atoms with Crippen molar-refractivity contribution in [2.45, 2.75) is 20.4 Å². The van der Waals surface area contributed by atoms with Crippen molar-refractivity contribution in [2.75, 3.05) is 13.2 Å². The second kappa shape index (κ2) is 7.44. The van der Waals surface area contributed by atoms with E-state index in [1.807, 2.05) is 19.1 Å². The van der Waals surface area contributed by atoms with Crippen molar-refractivity contribution in [1.82, 2.24) is 4.57 Å². The summed E-state index contributed by atoms with van der Waals surface area (Å²) in [5.74, 6) is 1.20. The number of hydrogen-bond donors (Lipinski definition) is 0. The maximum Gasteiger partial charge on any atom is 0.286 e. The molecule has 1 aromatic carbocycles. The fourth-order valence-corrected chi connectivity index (χ4v) is 2.13. The quantitative estimate of drug-likeness (QED) is 0.578. The molecule has 0 saturated carbocycles. The molecule has 0 N–H and O–H groups in total. The van der Waals surface area contributed by atoms with Crippen LogP contribution in [0.15, 0.2) is 41.3 Å². The average molecular weight is 318 g/mol. The number of aromatic nitrogens is 1. The Bertz CT molecular complexity index is 754. The number of nitro groups is 1. The fraction of sp³-hybridized carbons (Fsp3) is 0.312. The highest BCUT2D eigenvalue weighted by Crippen LogP contribution is 2.26. The normalized spacial score (nSPS) is 10.3. The molecule has 2 rings (SSSR count). The summed E-state index contributed by atoms with van der Waals surface area (Å²) in [5, 5.41) is 10.9. The lowest BCUT2D eigenvalue weighted by molar-refractivity contribution is -0.385. The first-order valence-electron chi connectivity index (χ1n) is 7.23. The molecule has 0 aliphatic carbocycles. The summed E-state index contributed by atoms with van der Waals surface area (Å²) < 4.78 is 12.4. The van der Waals surface area contributed by atoms with E-state index in [0.717, 1.165) is 0 Å². The predicted molar refractivity (Wildman–Crippen MR) is 85.2 cm³/mol. The van der Waals surface area contributed by atoms with Gasteiger partial charge in [-0.2, -0.15) is 0 Å². The third kappa shape index (κ3) is 4.09. The first-order valence-corrected chi connectivity index (χ1v) is 7.23. The molecule has 1 aromatic heterocycles. The number of aryl methyl sites for hydroxylation is 1. The Balaban J connectivity index is 2.10. The van der Waals surface area contributed by atoms with Crippen molar-refractivity contribution in [3.63, 3.8) is 0 Å². The monoisotopic (exact) mass is 318 g/mol. The minimum absolute atomic E-state index is 0.114. The minimum atomic E-state index is -0.520. The van der Waals surface area contributed by atoms with E-state index in [1.165, 1.54) is 16.8 Å². The van der Waals surface area contributed by atoms with Crippen LogP contribution in [0.5, 0.6) is 11.5 Å². The Hall–Kier alpha value is -2.83.